The average molecular weight is 332 g/mol. The van der Waals surface area contributed by atoms with Crippen LogP contribution < -0.4 is 5.32 Å². The molecule has 0 aliphatic carbocycles. The van der Waals surface area contributed by atoms with Gasteiger partial charge in [0.15, 0.2) is 0 Å². The molecular weight excluding hydrogens is 304 g/mol. The smallest absolute Gasteiger partial charge is 0.318 e. The molecule has 2 aromatic heterocycles. The Morgan fingerprint density at radius 1 is 1.38 bits per heavy atom. The van der Waals surface area contributed by atoms with Gasteiger partial charge in [0, 0.05) is 26.0 Å². The zero-order chi connectivity index (χ0) is 17.7. The number of rotatable bonds is 7. The summed E-state index contributed by atoms with van der Waals surface area (Å²) in [4.78, 5) is 19.1. The predicted molar refractivity (Wildman–Crippen MR) is 93.3 cm³/mol. The van der Waals surface area contributed by atoms with Crippen LogP contribution in [0.3, 0.4) is 0 Å². The van der Waals surface area contributed by atoms with Gasteiger partial charge in [-0.15, -0.1) is 0 Å². The second-order valence-corrected chi connectivity index (χ2v) is 6.92. The van der Waals surface area contributed by atoms with Crippen molar-refractivity contribution in [2.75, 3.05) is 6.54 Å². The number of nitrogens with one attached hydrogen (secondary N) is 1. The highest BCUT2D eigenvalue weighted by Crippen LogP contribution is 2.20. The highest BCUT2D eigenvalue weighted by atomic mass is 16.3. The molecule has 2 rings (SSSR count). The third-order valence-corrected chi connectivity index (χ3v) is 3.88. The Hall–Kier alpha value is -2.24. The SMILES string of the molecule is CC(C)CN(Cc1ccco1)C(=O)NC(c1nccn1C)C(C)C. The van der Waals surface area contributed by atoms with Crippen LogP contribution in [-0.2, 0) is 13.6 Å². The van der Waals surface area contributed by atoms with Crippen LogP contribution in [0.15, 0.2) is 35.2 Å². The Morgan fingerprint density at radius 3 is 2.62 bits per heavy atom. The summed E-state index contributed by atoms with van der Waals surface area (Å²) in [5.74, 6) is 2.25. The third kappa shape index (κ3) is 4.63. The lowest BCUT2D eigenvalue weighted by Gasteiger charge is -2.28. The van der Waals surface area contributed by atoms with Crippen molar-refractivity contribution in [2.45, 2.75) is 40.3 Å². The first-order valence-corrected chi connectivity index (χ1v) is 8.43. The minimum atomic E-state index is -0.135. The number of imidazole rings is 1. The van der Waals surface area contributed by atoms with E-state index in [1.165, 1.54) is 0 Å². The maximum atomic E-state index is 12.9. The molecular formula is C18H28N4O2. The summed E-state index contributed by atoms with van der Waals surface area (Å²) in [7, 11) is 1.94. The Balaban J connectivity index is 2.13. The average Bonchev–Trinajstić information content (AvgIpc) is 3.15. The Bertz CT molecular complexity index is 631. The first-order valence-electron chi connectivity index (χ1n) is 8.43. The van der Waals surface area contributed by atoms with Crippen molar-refractivity contribution in [1.29, 1.82) is 0 Å². The number of urea groups is 1. The maximum absolute atomic E-state index is 12.9. The molecule has 0 fully saturated rings. The Morgan fingerprint density at radius 2 is 2.12 bits per heavy atom. The van der Waals surface area contributed by atoms with Gasteiger partial charge >= 0.3 is 6.03 Å². The van der Waals surface area contributed by atoms with Crippen molar-refractivity contribution in [2.24, 2.45) is 18.9 Å². The molecule has 1 N–H and O–H groups in total. The van der Waals surface area contributed by atoms with Crippen molar-refractivity contribution >= 4 is 6.03 Å². The topological polar surface area (TPSA) is 63.3 Å². The Labute approximate surface area is 143 Å². The maximum Gasteiger partial charge on any atom is 0.318 e. The fraction of sp³-hybridized carbons (Fsp3) is 0.556. The number of hydrogen-bond acceptors (Lipinski definition) is 3. The molecule has 6 nitrogen and oxygen atoms in total. The zero-order valence-electron chi connectivity index (χ0n) is 15.2. The molecule has 0 aromatic carbocycles. The van der Waals surface area contributed by atoms with Crippen LogP contribution in [0.4, 0.5) is 4.79 Å². The standard InChI is InChI=1S/C18H28N4O2/c1-13(2)11-22(12-15-7-6-10-24-15)18(23)20-16(14(3)4)17-19-8-9-21(17)5/h6-10,13-14,16H,11-12H2,1-5H3,(H,20,23). The first kappa shape index (κ1) is 18.1. The molecule has 0 aliphatic heterocycles. The van der Waals surface area contributed by atoms with Crippen LogP contribution in [0, 0.1) is 11.8 Å². The van der Waals surface area contributed by atoms with Crippen molar-refractivity contribution in [3.63, 3.8) is 0 Å². The summed E-state index contributed by atoms with van der Waals surface area (Å²) in [6, 6.07) is 3.50. The van der Waals surface area contributed by atoms with E-state index in [0.29, 0.717) is 19.0 Å². The van der Waals surface area contributed by atoms with Gasteiger partial charge in [0.25, 0.3) is 0 Å². The molecule has 2 amide bonds. The van der Waals surface area contributed by atoms with Gasteiger partial charge in [-0.3, -0.25) is 0 Å². The van der Waals surface area contributed by atoms with Gasteiger partial charge in [0.05, 0.1) is 18.8 Å². The molecule has 2 heterocycles. The zero-order valence-corrected chi connectivity index (χ0v) is 15.2. The van der Waals surface area contributed by atoms with Crippen LogP contribution in [0.1, 0.15) is 45.3 Å². The van der Waals surface area contributed by atoms with E-state index in [-0.39, 0.29) is 18.0 Å². The van der Waals surface area contributed by atoms with Crippen molar-refractivity contribution in [3.8, 4) is 0 Å². The van der Waals surface area contributed by atoms with Gasteiger partial charge in [-0.25, -0.2) is 9.78 Å². The second-order valence-electron chi connectivity index (χ2n) is 6.92. The molecule has 6 heteroatoms. The number of carbonyl (C=O) groups is 1. The lowest BCUT2D eigenvalue weighted by atomic mass is 10.0. The molecule has 132 valence electrons. The molecule has 0 aliphatic rings. The molecule has 0 saturated carbocycles. The van der Waals surface area contributed by atoms with E-state index in [2.05, 4.69) is 38.0 Å². The van der Waals surface area contributed by atoms with Crippen LogP contribution in [0.2, 0.25) is 0 Å². The van der Waals surface area contributed by atoms with Crippen molar-refractivity contribution < 1.29 is 9.21 Å². The second kappa shape index (κ2) is 8.04. The fourth-order valence-corrected chi connectivity index (χ4v) is 2.68. The number of nitrogens with zero attached hydrogens (tertiary/aromatic N) is 3. The van der Waals surface area contributed by atoms with Crippen molar-refractivity contribution in [1.82, 2.24) is 19.8 Å². The quantitative estimate of drug-likeness (QED) is 0.843. The fourth-order valence-electron chi connectivity index (χ4n) is 2.68. The van der Waals surface area contributed by atoms with Gasteiger partial charge in [-0.05, 0) is 24.0 Å². The summed E-state index contributed by atoms with van der Waals surface area (Å²) in [6.45, 7) is 9.49. The molecule has 2 aromatic rings. The summed E-state index contributed by atoms with van der Waals surface area (Å²) >= 11 is 0. The van der Waals surface area contributed by atoms with Gasteiger partial charge < -0.3 is 19.2 Å². The highest BCUT2D eigenvalue weighted by Gasteiger charge is 2.25. The minimum Gasteiger partial charge on any atom is -0.467 e. The molecule has 0 bridgehead atoms. The van der Waals surface area contributed by atoms with E-state index >= 15 is 0 Å². The van der Waals surface area contributed by atoms with Crippen LogP contribution in [0.25, 0.3) is 0 Å². The molecule has 1 unspecified atom stereocenters. The van der Waals surface area contributed by atoms with E-state index in [1.807, 2.05) is 29.9 Å². The van der Waals surface area contributed by atoms with Gasteiger partial charge in [-0.2, -0.15) is 0 Å². The molecule has 0 spiro atoms. The van der Waals surface area contributed by atoms with E-state index in [1.54, 1.807) is 17.4 Å². The van der Waals surface area contributed by atoms with E-state index in [4.69, 9.17) is 4.42 Å². The van der Waals surface area contributed by atoms with E-state index in [9.17, 15) is 4.79 Å². The van der Waals surface area contributed by atoms with E-state index in [0.717, 1.165) is 11.6 Å². The van der Waals surface area contributed by atoms with Crippen molar-refractivity contribution in [3.05, 3.63) is 42.4 Å². The number of carbonyl (C=O) groups excluding carboxylic acids is 1. The number of furan rings is 1. The summed E-state index contributed by atoms with van der Waals surface area (Å²) in [5.41, 5.74) is 0. The minimum absolute atomic E-state index is 0.0956. The lowest BCUT2D eigenvalue weighted by Crippen LogP contribution is -2.44. The lowest BCUT2D eigenvalue weighted by molar-refractivity contribution is 0.174. The van der Waals surface area contributed by atoms with Crippen LogP contribution in [0.5, 0.6) is 0 Å². The summed E-state index contributed by atoms with van der Waals surface area (Å²) in [5, 5.41) is 3.14. The van der Waals surface area contributed by atoms with Crippen LogP contribution >= 0.6 is 0 Å². The molecule has 0 radical (unpaired) electrons. The summed E-state index contributed by atoms with van der Waals surface area (Å²) in [6.07, 6.45) is 5.28. The molecule has 0 saturated heterocycles. The van der Waals surface area contributed by atoms with Crippen LogP contribution in [-0.4, -0.2) is 27.0 Å². The van der Waals surface area contributed by atoms with Gasteiger partial charge in [0.1, 0.15) is 11.6 Å². The number of aromatic nitrogens is 2. The number of hydrogen-bond donors (Lipinski definition) is 1. The third-order valence-electron chi connectivity index (χ3n) is 3.88. The first-order chi connectivity index (χ1) is 11.4. The molecule has 24 heavy (non-hydrogen) atoms. The summed E-state index contributed by atoms with van der Waals surface area (Å²) < 4.78 is 7.35. The number of amides is 2. The monoisotopic (exact) mass is 332 g/mol. The predicted octanol–water partition coefficient (Wildman–Crippen LogP) is 3.58. The largest absolute Gasteiger partial charge is 0.467 e. The molecule has 1 atom stereocenters. The normalized spacial score (nSPS) is 12.6. The number of aryl methyl sites for hydroxylation is 1. The Kier molecular flexibility index (Phi) is 6.06. The van der Waals surface area contributed by atoms with Gasteiger partial charge in [-0.1, -0.05) is 27.7 Å². The van der Waals surface area contributed by atoms with Gasteiger partial charge in [0.2, 0.25) is 0 Å². The highest BCUT2D eigenvalue weighted by molar-refractivity contribution is 5.74. The van der Waals surface area contributed by atoms with E-state index < -0.39 is 0 Å².